The van der Waals surface area contributed by atoms with Crippen molar-refractivity contribution in [2.24, 2.45) is 0 Å². The van der Waals surface area contributed by atoms with Crippen molar-refractivity contribution >= 4 is 11.0 Å². The van der Waals surface area contributed by atoms with E-state index in [0.29, 0.717) is 0 Å². The van der Waals surface area contributed by atoms with Crippen molar-refractivity contribution in [1.29, 1.82) is 0 Å². The highest BCUT2D eigenvalue weighted by atomic mass is 16.5. The van der Waals surface area contributed by atoms with E-state index < -0.39 is 0 Å². The summed E-state index contributed by atoms with van der Waals surface area (Å²) in [5.74, 6) is 0. The van der Waals surface area contributed by atoms with Gasteiger partial charge >= 0.3 is 0 Å². The van der Waals surface area contributed by atoms with E-state index in [2.05, 4.69) is 10.5 Å². The minimum absolute atomic E-state index is 0.845. The summed E-state index contributed by atoms with van der Waals surface area (Å²) in [6.45, 7) is 2.50. The fourth-order valence-electron chi connectivity index (χ4n) is 1.61. The highest BCUT2D eigenvalue weighted by Crippen LogP contribution is 2.10. The van der Waals surface area contributed by atoms with Gasteiger partial charge in [-0.1, -0.05) is 23.7 Å². The molecule has 1 aromatic heterocycles. The maximum atomic E-state index is 4.87. The van der Waals surface area contributed by atoms with E-state index in [1.807, 2.05) is 24.3 Å². The third kappa shape index (κ3) is 3.06. The van der Waals surface area contributed by atoms with E-state index >= 15 is 0 Å². The lowest BCUT2D eigenvalue weighted by atomic mass is 10.2. The van der Waals surface area contributed by atoms with Crippen LogP contribution in [0.15, 0.2) is 35.0 Å². The second-order valence-electron chi connectivity index (χ2n) is 3.67. The minimum atomic E-state index is 0.845. The molecular weight excluding hydrogens is 188 g/mol. The second kappa shape index (κ2) is 5.51. The Morgan fingerprint density at radius 3 is 2.47 bits per heavy atom. The van der Waals surface area contributed by atoms with Crippen LogP contribution in [-0.2, 0) is 0 Å². The van der Waals surface area contributed by atoms with Gasteiger partial charge in [-0.3, -0.25) is 0 Å². The molecule has 1 fully saturated rings. The number of fused-ring (bicyclic) bond motifs is 1. The predicted molar refractivity (Wildman–Crippen MR) is 60.7 cm³/mol. The topological polar surface area (TPSA) is 38.1 Å². The van der Waals surface area contributed by atoms with Gasteiger partial charge in [-0.25, -0.2) is 0 Å². The Hall–Kier alpha value is -1.35. The van der Waals surface area contributed by atoms with E-state index in [1.165, 1.54) is 32.4 Å². The molecular formula is C12H16N2O. The lowest BCUT2D eigenvalue weighted by Gasteiger charge is -2.08. The van der Waals surface area contributed by atoms with Gasteiger partial charge in [0.2, 0.25) is 0 Å². The number of hydrogen-bond donors (Lipinski definition) is 1. The first-order valence-corrected chi connectivity index (χ1v) is 5.47. The van der Waals surface area contributed by atoms with Crippen LogP contribution >= 0.6 is 0 Å². The summed E-state index contributed by atoms with van der Waals surface area (Å²) in [4.78, 5) is 0. The molecule has 0 atom stereocenters. The van der Waals surface area contributed by atoms with Crippen LogP contribution in [0.2, 0.25) is 0 Å². The Morgan fingerprint density at radius 1 is 1.07 bits per heavy atom. The first-order chi connectivity index (χ1) is 7.47. The Morgan fingerprint density at radius 2 is 1.87 bits per heavy atom. The quantitative estimate of drug-likeness (QED) is 0.716. The molecule has 0 amide bonds. The number of nitrogens with zero attached hydrogens (tertiary/aromatic N) is 1. The zero-order valence-corrected chi connectivity index (χ0v) is 8.78. The molecule has 0 spiro atoms. The minimum Gasteiger partial charge on any atom is -0.356 e. The normalized spacial score (nSPS) is 15.7. The number of benzene rings is 1. The van der Waals surface area contributed by atoms with E-state index in [9.17, 15) is 0 Å². The number of para-hydroxylation sites is 1. The summed E-state index contributed by atoms with van der Waals surface area (Å²) in [5.41, 5.74) is 0.845. The molecule has 1 saturated heterocycles. The Labute approximate surface area is 89.5 Å². The molecule has 1 aromatic carbocycles. The van der Waals surface area contributed by atoms with Crippen LogP contribution in [0.4, 0.5) is 0 Å². The van der Waals surface area contributed by atoms with E-state index in [0.717, 1.165) is 11.0 Å². The van der Waals surface area contributed by atoms with Crippen LogP contribution < -0.4 is 5.32 Å². The van der Waals surface area contributed by atoms with Crippen molar-refractivity contribution in [1.82, 2.24) is 10.5 Å². The van der Waals surface area contributed by atoms with Crippen LogP contribution in [0, 0.1) is 0 Å². The van der Waals surface area contributed by atoms with Gasteiger partial charge in [-0.15, -0.1) is 0 Å². The molecule has 1 N–H and O–H groups in total. The molecule has 3 nitrogen and oxygen atoms in total. The Bertz CT molecular complexity index is 351. The van der Waals surface area contributed by atoms with Gasteiger partial charge in [-0.05, 0) is 38.1 Å². The number of hydrogen-bond acceptors (Lipinski definition) is 3. The van der Waals surface area contributed by atoms with Gasteiger partial charge in [0.15, 0.2) is 5.58 Å². The maximum absolute atomic E-state index is 4.87. The van der Waals surface area contributed by atoms with Gasteiger partial charge in [0.1, 0.15) is 0 Å². The third-order valence-corrected chi connectivity index (χ3v) is 2.47. The summed E-state index contributed by atoms with van der Waals surface area (Å²) in [6.07, 6.45) is 5.92. The summed E-state index contributed by atoms with van der Waals surface area (Å²) in [5, 5.41) is 7.96. The average molecular weight is 204 g/mol. The molecule has 15 heavy (non-hydrogen) atoms. The lowest BCUT2D eigenvalue weighted by Crippen LogP contribution is -2.21. The first kappa shape index (κ1) is 10.2. The van der Waals surface area contributed by atoms with Crippen molar-refractivity contribution < 1.29 is 4.52 Å². The zero-order chi connectivity index (χ0) is 10.3. The van der Waals surface area contributed by atoms with Gasteiger partial charge in [-0.2, -0.15) is 0 Å². The van der Waals surface area contributed by atoms with Crippen molar-refractivity contribution in [2.75, 3.05) is 13.1 Å². The van der Waals surface area contributed by atoms with Crippen LogP contribution in [0.5, 0.6) is 0 Å². The molecule has 0 radical (unpaired) electrons. The smallest absolute Gasteiger partial charge is 0.166 e. The Balaban J connectivity index is 0.000000124. The molecule has 3 rings (SSSR count). The van der Waals surface area contributed by atoms with Gasteiger partial charge in [0.05, 0.1) is 6.20 Å². The first-order valence-electron chi connectivity index (χ1n) is 5.47. The summed E-state index contributed by atoms with van der Waals surface area (Å²) < 4.78 is 4.87. The zero-order valence-electron chi connectivity index (χ0n) is 8.78. The molecule has 2 aromatic rings. The lowest BCUT2D eigenvalue weighted by molar-refractivity contribution is 0.456. The van der Waals surface area contributed by atoms with E-state index in [-0.39, 0.29) is 0 Å². The summed E-state index contributed by atoms with van der Waals surface area (Å²) in [6, 6.07) is 7.74. The molecule has 1 aliphatic rings. The van der Waals surface area contributed by atoms with Crippen molar-refractivity contribution in [3.8, 4) is 0 Å². The van der Waals surface area contributed by atoms with Crippen LogP contribution in [0.3, 0.4) is 0 Å². The number of piperidine rings is 1. The third-order valence-electron chi connectivity index (χ3n) is 2.47. The van der Waals surface area contributed by atoms with Gasteiger partial charge < -0.3 is 9.84 Å². The van der Waals surface area contributed by atoms with Gasteiger partial charge in [0.25, 0.3) is 0 Å². The predicted octanol–water partition coefficient (Wildman–Crippen LogP) is 2.59. The van der Waals surface area contributed by atoms with E-state index in [1.54, 1.807) is 6.20 Å². The van der Waals surface area contributed by atoms with Crippen LogP contribution in [0.1, 0.15) is 19.3 Å². The van der Waals surface area contributed by atoms with Crippen molar-refractivity contribution in [2.45, 2.75) is 19.3 Å². The molecule has 2 heterocycles. The largest absolute Gasteiger partial charge is 0.356 e. The standard InChI is InChI=1S/C7H5NO.C5H11N/c1-2-4-7-6(3-1)5-8-9-7;1-2-4-6-5-3-1/h1-5H;6H,1-5H2. The fourth-order valence-corrected chi connectivity index (χ4v) is 1.61. The van der Waals surface area contributed by atoms with E-state index in [4.69, 9.17) is 4.52 Å². The molecule has 1 aliphatic heterocycles. The highest BCUT2D eigenvalue weighted by molar-refractivity contribution is 5.75. The molecule has 0 bridgehead atoms. The summed E-state index contributed by atoms with van der Waals surface area (Å²) >= 11 is 0. The van der Waals surface area contributed by atoms with Crippen LogP contribution in [-0.4, -0.2) is 18.2 Å². The number of nitrogens with one attached hydrogen (secondary N) is 1. The van der Waals surface area contributed by atoms with Crippen LogP contribution in [0.25, 0.3) is 11.0 Å². The monoisotopic (exact) mass is 204 g/mol. The second-order valence-corrected chi connectivity index (χ2v) is 3.67. The highest BCUT2D eigenvalue weighted by Gasteiger charge is 1.93. The van der Waals surface area contributed by atoms with Gasteiger partial charge in [0, 0.05) is 5.39 Å². The number of aromatic nitrogens is 1. The van der Waals surface area contributed by atoms with Crippen molar-refractivity contribution in [3.05, 3.63) is 30.5 Å². The Kier molecular flexibility index (Phi) is 3.74. The number of rotatable bonds is 0. The molecule has 80 valence electrons. The maximum Gasteiger partial charge on any atom is 0.166 e. The fraction of sp³-hybridized carbons (Fsp3) is 0.417. The molecule has 0 aliphatic carbocycles. The molecule has 3 heteroatoms. The summed E-state index contributed by atoms with van der Waals surface area (Å²) in [7, 11) is 0. The SMILES string of the molecule is C1CCNCC1.c1ccc2oncc2c1. The molecule has 0 saturated carbocycles. The average Bonchev–Trinajstić information content (AvgIpc) is 2.80. The molecule has 0 unspecified atom stereocenters. The van der Waals surface area contributed by atoms with Crippen molar-refractivity contribution in [3.63, 3.8) is 0 Å².